The Morgan fingerprint density at radius 2 is 1.05 bits per heavy atom. The van der Waals surface area contributed by atoms with Gasteiger partial charge in [0.25, 0.3) is 0 Å². The summed E-state index contributed by atoms with van der Waals surface area (Å²) in [5.41, 5.74) is 0. The second kappa shape index (κ2) is 21.2. The van der Waals surface area contributed by atoms with Crippen molar-refractivity contribution in [3.8, 4) is 0 Å². The summed E-state index contributed by atoms with van der Waals surface area (Å²) in [7, 11) is 0. The molecule has 0 bridgehead atoms. The molecule has 0 saturated heterocycles. The molecule has 0 amide bonds. The Bertz CT molecular complexity index is 232. The zero-order valence-electron chi connectivity index (χ0n) is 16.8. The van der Waals surface area contributed by atoms with Crippen LogP contribution < -0.4 is 0 Å². The molecule has 0 spiro atoms. The van der Waals surface area contributed by atoms with Gasteiger partial charge < -0.3 is 7.74 Å². The van der Waals surface area contributed by atoms with Gasteiger partial charge in [0.05, 0.1) is 0 Å². The molecule has 0 rings (SSSR count). The van der Waals surface area contributed by atoms with E-state index >= 15 is 0 Å². The molecular weight excluding hydrogens is 288 g/mol. The van der Waals surface area contributed by atoms with Crippen molar-refractivity contribution in [3.05, 3.63) is 0 Å². The fraction of sp³-hybridized carbons (Fsp3) is 0.944. The number of rotatable bonds is 16. The average molecular weight is 327 g/mol. The Morgan fingerprint density at radius 3 is 1.36 bits per heavy atom. The van der Waals surface area contributed by atoms with E-state index < -0.39 is 5.97 Å². The first-order valence-corrected chi connectivity index (χ1v) is 9.15. The first-order chi connectivity index (χ1) is 10.3. The van der Waals surface area contributed by atoms with Gasteiger partial charge in [0.2, 0.25) is 0 Å². The van der Waals surface area contributed by atoms with Crippen LogP contribution in [0.3, 0.4) is 0 Å². The topological polar surface area (TPSA) is 46.5 Å². The van der Waals surface area contributed by atoms with E-state index in [0.717, 1.165) is 12.8 Å². The number of unbranched alkanes of at least 4 members (excludes halogenated alkanes) is 14. The van der Waals surface area contributed by atoms with Gasteiger partial charge in [0, 0.05) is 6.42 Å². The predicted octanol–water partition coefficient (Wildman–Crippen LogP) is 6.11. The monoisotopic (exact) mass is 326 g/mol. The Balaban J connectivity index is -0.000000667. The van der Waals surface area contributed by atoms with Crippen LogP contribution in [0.25, 0.3) is 0 Å². The third-order valence-electron chi connectivity index (χ3n) is 4.09. The minimum atomic E-state index is -0.510. The van der Waals surface area contributed by atoms with Crippen LogP contribution in [0.1, 0.15) is 113 Å². The smallest absolute Gasteiger partial charge is 1.00 e. The zero-order valence-corrected chi connectivity index (χ0v) is 16.2. The summed E-state index contributed by atoms with van der Waals surface area (Å²) >= 11 is 0. The predicted molar refractivity (Wildman–Crippen MR) is 96.2 cm³/mol. The molecule has 0 aromatic rings. The van der Waals surface area contributed by atoms with Crippen molar-refractivity contribution in [1.29, 1.82) is 0 Å². The van der Waals surface area contributed by atoms with Gasteiger partial charge >= 0.3 is 29.0 Å². The number of hydrogen-bond acceptors (Lipinski definition) is 3. The van der Waals surface area contributed by atoms with Crippen molar-refractivity contribution in [2.45, 2.75) is 110 Å². The molecule has 22 heavy (non-hydrogen) atoms. The van der Waals surface area contributed by atoms with Gasteiger partial charge in [-0.15, -0.1) is 0 Å². The maximum absolute atomic E-state index is 10.7. The van der Waals surface area contributed by atoms with Crippen molar-refractivity contribution in [2.75, 3.05) is 0 Å². The van der Waals surface area contributed by atoms with Crippen LogP contribution in [0.4, 0.5) is 0 Å². The van der Waals surface area contributed by atoms with Crippen LogP contribution in [-0.4, -0.2) is 34.3 Å². The summed E-state index contributed by atoms with van der Waals surface area (Å²) in [4.78, 5) is 14.3. The number of carbonyl (C=O) groups excluding carboxylic acids is 1. The summed E-state index contributed by atoms with van der Waals surface area (Å²) in [5.74, 6) is -0.510. The molecule has 0 heterocycles. The molecule has 130 valence electrons. The largest absolute Gasteiger partial charge is 2.00 e. The SMILES string of the molecule is CCCCCCCCCCCCCCCCCC(=O)OO.[H-].[H-].[Mg+2]. The van der Waals surface area contributed by atoms with E-state index in [1.807, 2.05) is 0 Å². The second-order valence-electron chi connectivity index (χ2n) is 6.16. The summed E-state index contributed by atoms with van der Waals surface area (Å²) < 4.78 is 0. The normalized spacial score (nSPS) is 10.3. The summed E-state index contributed by atoms with van der Waals surface area (Å²) in [6.45, 7) is 2.27. The molecule has 0 saturated carbocycles. The standard InChI is InChI=1S/C18H36O3.Mg.2H/c1-2-3-4-5-6-7-8-9-10-11-12-13-14-15-16-17-18(19)21-20;;;/h20H,2-17H2,1H3;;;/q;+2;2*-1. The van der Waals surface area contributed by atoms with E-state index in [1.54, 1.807) is 0 Å². The van der Waals surface area contributed by atoms with Gasteiger partial charge in [-0.3, -0.25) is 0 Å². The zero-order chi connectivity index (χ0) is 15.6. The van der Waals surface area contributed by atoms with Gasteiger partial charge in [-0.25, -0.2) is 4.79 Å². The van der Waals surface area contributed by atoms with Gasteiger partial charge in [0.1, 0.15) is 0 Å². The maximum Gasteiger partial charge on any atom is 2.00 e. The Morgan fingerprint density at radius 1 is 0.727 bits per heavy atom. The molecule has 3 nitrogen and oxygen atoms in total. The molecule has 0 atom stereocenters. The van der Waals surface area contributed by atoms with Crippen molar-refractivity contribution >= 4 is 29.0 Å². The molecule has 0 aliphatic rings. The van der Waals surface area contributed by atoms with E-state index in [4.69, 9.17) is 5.26 Å². The van der Waals surface area contributed by atoms with Crippen LogP contribution in [0, 0.1) is 0 Å². The first kappa shape index (κ1) is 24.4. The molecule has 4 heteroatoms. The van der Waals surface area contributed by atoms with Crippen LogP contribution in [0.5, 0.6) is 0 Å². The van der Waals surface area contributed by atoms with Gasteiger partial charge in [0.15, 0.2) is 0 Å². The van der Waals surface area contributed by atoms with Gasteiger partial charge in [-0.05, 0) is 6.42 Å². The molecule has 0 aliphatic heterocycles. The Kier molecular flexibility index (Phi) is 23.6. The van der Waals surface area contributed by atoms with Gasteiger partial charge in [-0.1, -0.05) is 96.8 Å². The minimum Gasteiger partial charge on any atom is -1.00 e. The minimum absolute atomic E-state index is 0. The summed E-state index contributed by atoms with van der Waals surface area (Å²) in [5, 5.41) is 8.10. The van der Waals surface area contributed by atoms with Crippen molar-refractivity contribution in [1.82, 2.24) is 0 Å². The van der Waals surface area contributed by atoms with Crippen LogP contribution in [-0.2, 0) is 9.68 Å². The van der Waals surface area contributed by atoms with Crippen LogP contribution >= 0.6 is 0 Å². The molecule has 0 aromatic heterocycles. The van der Waals surface area contributed by atoms with E-state index in [1.165, 1.54) is 83.5 Å². The quantitative estimate of drug-likeness (QED) is 0.161. The van der Waals surface area contributed by atoms with E-state index in [0.29, 0.717) is 6.42 Å². The summed E-state index contributed by atoms with van der Waals surface area (Å²) in [6.07, 6.45) is 20.0. The molecule has 0 aliphatic carbocycles. The average Bonchev–Trinajstić information content (AvgIpc) is 2.50. The Hall–Kier alpha value is 0.196. The molecule has 0 fully saturated rings. The molecule has 0 aromatic carbocycles. The second-order valence-corrected chi connectivity index (χ2v) is 6.16. The summed E-state index contributed by atoms with van der Waals surface area (Å²) in [6, 6.07) is 0. The number of carbonyl (C=O) groups is 1. The fourth-order valence-corrected chi connectivity index (χ4v) is 2.69. The van der Waals surface area contributed by atoms with E-state index in [9.17, 15) is 4.79 Å². The van der Waals surface area contributed by atoms with E-state index in [-0.39, 0.29) is 25.9 Å². The molecule has 0 unspecified atom stereocenters. The van der Waals surface area contributed by atoms with Crippen molar-refractivity contribution < 1.29 is 17.8 Å². The first-order valence-electron chi connectivity index (χ1n) is 9.15. The number of hydrogen-bond donors (Lipinski definition) is 1. The van der Waals surface area contributed by atoms with Gasteiger partial charge in [-0.2, -0.15) is 5.26 Å². The van der Waals surface area contributed by atoms with E-state index in [2.05, 4.69) is 11.8 Å². The van der Waals surface area contributed by atoms with Crippen molar-refractivity contribution in [2.24, 2.45) is 0 Å². The molecular formula is C18H38MgO3. The molecule has 0 radical (unpaired) electrons. The fourth-order valence-electron chi connectivity index (χ4n) is 2.69. The molecule has 1 N–H and O–H groups in total. The van der Waals surface area contributed by atoms with Crippen LogP contribution in [0.2, 0.25) is 0 Å². The third-order valence-corrected chi connectivity index (χ3v) is 4.09. The Labute approximate surface area is 156 Å². The maximum atomic E-state index is 10.7. The third kappa shape index (κ3) is 20.2. The van der Waals surface area contributed by atoms with Crippen LogP contribution in [0.15, 0.2) is 0 Å². The van der Waals surface area contributed by atoms with Crippen molar-refractivity contribution in [3.63, 3.8) is 0 Å².